The quantitative estimate of drug-likeness (QED) is 0.258. The van der Waals surface area contributed by atoms with Gasteiger partial charge in [0.25, 0.3) is 6.01 Å². The molecule has 5 rings (SSSR count). The number of para-hydroxylation sites is 1. The molecule has 1 atom stereocenters. The van der Waals surface area contributed by atoms with Gasteiger partial charge in [0.2, 0.25) is 11.5 Å². The van der Waals surface area contributed by atoms with Crippen molar-refractivity contribution in [2.24, 2.45) is 5.92 Å². The van der Waals surface area contributed by atoms with Gasteiger partial charge in [-0.3, -0.25) is 4.79 Å². The minimum absolute atomic E-state index is 0.0296. The summed E-state index contributed by atoms with van der Waals surface area (Å²) < 4.78 is 60.4. The Morgan fingerprint density at radius 2 is 1.83 bits per heavy atom. The van der Waals surface area contributed by atoms with Crippen molar-refractivity contribution in [2.75, 3.05) is 41.7 Å². The maximum atomic E-state index is 13.8. The molecule has 0 aliphatic carbocycles. The second kappa shape index (κ2) is 12.4. The van der Waals surface area contributed by atoms with Crippen molar-refractivity contribution in [1.29, 1.82) is 0 Å². The molecular weight excluding hydrogens is 556 g/mol. The highest BCUT2D eigenvalue weighted by Gasteiger charge is 2.42. The van der Waals surface area contributed by atoms with Gasteiger partial charge in [-0.25, -0.2) is 14.2 Å². The molecular formula is C29H32F4N6O3. The van der Waals surface area contributed by atoms with Crippen molar-refractivity contribution in [2.45, 2.75) is 51.2 Å². The number of piperidine rings is 2. The maximum absolute atomic E-state index is 13.8. The van der Waals surface area contributed by atoms with Crippen molar-refractivity contribution in [3.63, 3.8) is 0 Å². The summed E-state index contributed by atoms with van der Waals surface area (Å²) >= 11 is 0. The Kier molecular flexibility index (Phi) is 8.64. The van der Waals surface area contributed by atoms with E-state index in [4.69, 9.17) is 4.42 Å². The van der Waals surface area contributed by atoms with Crippen molar-refractivity contribution in [3.05, 3.63) is 65.4 Å². The summed E-state index contributed by atoms with van der Waals surface area (Å²) in [5.74, 6) is -1.29. The number of rotatable bonds is 7. The van der Waals surface area contributed by atoms with Crippen LogP contribution < -0.4 is 15.5 Å². The van der Waals surface area contributed by atoms with E-state index in [0.717, 1.165) is 12.8 Å². The van der Waals surface area contributed by atoms with E-state index in [1.54, 1.807) is 34.1 Å². The predicted octanol–water partition coefficient (Wildman–Crippen LogP) is 6.00. The SMILES string of the molecule is CC1CCCN(c2nc(C(F)(F)F)c(C(=O)Cc3ccc(NC4CCN(C(=O)Nc5ccccc5F)CC4)nc3)o2)C1. The molecule has 2 amide bonds. The minimum Gasteiger partial charge on any atom is -0.420 e. The van der Waals surface area contributed by atoms with Crippen LogP contribution in [0.1, 0.15) is 54.4 Å². The van der Waals surface area contributed by atoms with E-state index in [2.05, 4.69) is 20.6 Å². The van der Waals surface area contributed by atoms with Crippen LogP contribution in [0.4, 0.5) is 39.9 Å². The third-order valence-electron chi connectivity index (χ3n) is 7.50. The lowest BCUT2D eigenvalue weighted by Crippen LogP contribution is -2.44. The van der Waals surface area contributed by atoms with Gasteiger partial charge in [-0.05, 0) is 55.4 Å². The van der Waals surface area contributed by atoms with E-state index in [-0.39, 0.29) is 36.1 Å². The average molecular weight is 589 g/mol. The number of urea groups is 1. The fourth-order valence-electron chi connectivity index (χ4n) is 5.26. The van der Waals surface area contributed by atoms with Crippen LogP contribution in [-0.2, 0) is 12.6 Å². The van der Waals surface area contributed by atoms with Crippen LogP contribution in [0.5, 0.6) is 0 Å². The Balaban J connectivity index is 1.15. The van der Waals surface area contributed by atoms with Gasteiger partial charge in [-0.15, -0.1) is 0 Å². The second-order valence-corrected chi connectivity index (χ2v) is 10.8. The molecule has 9 nitrogen and oxygen atoms in total. The number of carbonyl (C=O) groups is 2. The number of anilines is 3. The zero-order valence-corrected chi connectivity index (χ0v) is 23.1. The fraction of sp³-hybridized carbons (Fsp3) is 0.448. The number of carbonyl (C=O) groups excluding carboxylic acids is 2. The molecule has 224 valence electrons. The van der Waals surface area contributed by atoms with Gasteiger partial charge in [0.05, 0.1) is 5.69 Å². The molecule has 42 heavy (non-hydrogen) atoms. The number of alkyl halides is 3. The summed E-state index contributed by atoms with van der Waals surface area (Å²) in [6.45, 7) is 3.97. The number of oxazole rings is 1. The molecule has 0 radical (unpaired) electrons. The standard InChI is InChI=1S/C29H32F4N6O3/c1-18-5-4-12-39(17-18)28-37-26(29(31,32)33)25(42-28)23(40)15-19-8-9-24(34-16-19)35-20-10-13-38(14-11-20)27(41)36-22-7-3-2-6-21(22)30/h2-3,6-9,16,18,20H,4-5,10-15,17H2,1H3,(H,34,35)(H,36,41). The average Bonchev–Trinajstić information content (AvgIpc) is 3.43. The van der Waals surface area contributed by atoms with Crippen LogP contribution in [0.2, 0.25) is 0 Å². The smallest absolute Gasteiger partial charge is 0.420 e. The van der Waals surface area contributed by atoms with E-state index in [0.29, 0.717) is 50.4 Å². The number of aromatic nitrogens is 2. The number of nitrogens with one attached hydrogen (secondary N) is 2. The normalized spacial score (nSPS) is 18.2. The third kappa shape index (κ3) is 7.00. The topological polar surface area (TPSA) is 104 Å². The van der Waals surface area contributed by atoms with Crippen LogP contribution in [0, 0.1) is 11.7 Å². The number of nitrogens with zero attached hydrogens (tertiary/aromatic N) is 4. The number of pyridine rings is 1. The number of amides is 2. The lowest BCUT2D eigenvalue weighted by Gasteiger charge is -2.32. The lowest BCUT2D eigenvalue weighted by atomic mass is 10.0. The molecule has 3 aromatic rings. The Labute approximate surface area is 240 Å². The number of hydrogen-bond acceptors (Lipinski definition) is 7. The molecule has 1 aromatic carbocycles. The molecule has 2 fully saturated rings. The highest BCUT2D eigenvalue weighted by Crippen LogP contribution is 2.35. The van der Waals surface area contributed by atoms with Gasteiger partial charge in [0.1, 0.15) is 11.6 Å². The van der Waals surface area contributed by atoms with Gasteiger partial charge >= 0.3 is 12.2 Å². The van der Waals surface area contributed by atoms with Crippen molar-refractivity contribution >= 4 is 29.3 Å². The zero-order chi connectivity index (χ0) is 29.9. The monoisotopic (exact) mass is 588 g/mol. The van der Waals surface area contributed by atoms with Crippen LogP contribution in [0.3, 0.4) is 0 Å². The molecule has 2 aliphatic rings. The van der Waals surface area contributed by atoms with Gasteiger partial charge in [-0.1, -0.05) is 25.1 Å². The first kappa shape index (κ1) is 29.3. The molecule has 1 unspecified atom stereocenters. The summed E-state index contributed by atoms with van der Waals surface area (Å²) in [5, 5.41) is 5.87. The molecule has 0 spiro atoms. The number of ketones is 1. The number of Topliss-reactive ketones (excluding diaryl/α,β-unsaturated/α-hetero) is 1. The second-order valence-electron chi connectivity index (χ2n) is 10.8. The van der Waals surface area contributed by atoms with E-state index >= 15 is 0 Å². The summed E-state index contributed by atoms with van der Waals surface area (Å²) in [4.78, 5) is 36.7. The minimum atomic E-state index is -4.83. The van der Waals surface area contributed by atoms with E-state index in [1.165, 1.54) is 18.3 Å². The number of benzene rings is 1. The van der Waals surface area contributed by atoms with E-state index in [9.17, 15) is 27.2 Å². The van der Waals surface area contributed by atoms with Gasteiger partial charge in [-0.2, -0.15) is 18.2 Å². The number of hydrogen-bond donors (Lipinski definition) is 2. The number of likely N-dealkylation sites (tertiary alicyclic amines) is 1. The van der Waals surface area contributed by atoms with E-state index < -0.39 is 29.2 Å². The van der Waals surface area contributed by atoms with Crippen molar-refractivity contribution < 1.29 is 31.6 Å². The van der Waals surface area contributed by atoms with Crippen LogP contribution >= 0.6 is 0 Å². The van der Waals surface area contributed by atoms with Crippen LogP contribution in [0.25, 0.3) is 0 Å². The maximum Gasteiger partial charge on any atom is 0.437 e. The largest absolute Gasteiger partial charge is 0.437 e. The summed E-state index contributed by atoms with van der Waals surface area (Å²) in [5.41, 5.74) is -0.746. The molecule has 2 aromatic heterocycles. The first-order valence-corrected chi connectivity index (χ1v) is 13.9. The third-order valence-corrected chi connectivity index (χ3v) is 7.50. The summed E-state index contributed by atoms with van der Waals surface area (Å²) in [7, 11) is 0. The lowest BCUT2D eigenvalue weighted by molar-refractivity contribution is -0.141. The Bertz CT molecular complexity index is 1400. The molecule has 4 heterocycles. The highest BCUT2D eigenvalue weighted by molar-refractivity contribution is 5.96. The van der Waals surface area contributed by atoms with Gasteiger partial charge < -0.3 is 24.9 Å². The Hall–Kier alpha value is -4.16. The molecule has 2 N–H and O–H groups in total. The summed E-state index contributed by atoms with van der Waals surface area (Å²) in [6.07, 6.45) is -0.656. The van der Waals surface area contributed by atoms with Crippen LogP contribution in [0.15, 0.2) is 47.0 Å². The van der Waals surface area contributed by atoms with Gasteiger partial charge in [0.15, 0.2) is 5.69 Å². The van der Waals surface area contributed by atoms with Crippen molar-refractivity contribution in [3.8, 4) is 0 Å². The van der Waals surface area contributed by atoms with E-state index in [1.807, 2.05) is 6.92 Å². The van der Waals surface area contributed by atoms with Crippen molar-refractivity contribution in [1.82, 2.24) is 14.9 Å². The predicted molar refractivity (Wildman–Crippen MR) is 148 cm³/mol. The first-order valence-electron chi connectivity index (χ1n) is 13.9. The molecule has 0 saturated carbocycles. The first-order chi connectivity index (χ1) is 20.1. The Morgan fingerprint density at radius 1 is 1.07 bits per heavy atom. The zero-order valence-electron chi connectivity index (χ0n) is 23.1. The highest BCUT2D eigenvalue weighted by atomic mass is 19.4. The number of halogens is 4. The molecule has 13 heteroatoms. The van der Waals surface area contributed by atoms with Gasteiger partial charge in [0, 0.05) is 44.8 Å². The molecule has 2 aliphatic heterocycles. The van der Waals surface area contributed by atoms with Crippen LogP contribution in [-0.4, -0.2) is 58.9 Å². The Morgan fingerprint density at radius 3 is 2.50 bits per heavy atom. The molecule has 2 saturated heterocycles. The fourth-order valence-corrected chi connectivity index (χ4v) is 5.26. The molecule has 0 bridgehead atoms. The summed E-state index contributed by atoms with van der Waals surface area (Å²) in [6, 6.07) is 8.73.